The predicted octanol–water partition coefficient (Wildman–Crippen LogP) is 2.47. The molecule has 1 aromatic carbocycles. The molecule has 0 spiro atoms. The number of nitrogens with one attached hydrogen (secondary N) is 1. The minimum Gasteiger partial charge on any atom is -0.393 e. The van der Waals surface area contributed by atoms with E-state index in [2.05, 4.69) is 5.32 Å². The Morgan fingerprint density at radius 1 is 1.47 bits per heavy atom. The maximum absolute atomic E-state index is 10.8. The van der Waals surface area contributed by atoms with E-state index in [4.69, 9.17) is 0 Å². The summed E-state index contributed by atoms with van der Waals surface area (Å²) in [6, 6.07) is 5.01. The number of aliphatic hydroxyl groups is 1. The van der Waals surface area contributed by atoms with E-state index < -0.39 is 6.10 Å². The van der Waals surface area contributed by atoms with Crippen LogP contribution in [0.15, 0.2) is 18.2 Å². The smallest absolute Gasteiger partial charge is 0.274 e. The molecule has 17 heavy (non-hydrogen) atoms. The van der Waals surface area contributed by atoms with E-state index in [1.807, 2.05) is 6.92 Å². The Balaban J connectivity index is 2.85. The second kappa shape index (κ2) is 5.63. The lowest BCUT2D eigenvalue weighted by Gasteiger charge is -2.18. The fraction of sp³-hybridized carbons (Fsp3) is 0.500. The quantitative estimate of drug-likeness (QED) is 0.610. The van der Waals surface area contributed by atoms with Gasteiger partial charge in [-0.3, -0.25) is 10.1 Å². The number of anilines is 1. The van der Waals surface area contributed by atoms with Crippen molar-refractivity contribution in [2.45, 2.75) is 39.3 Å². The topological polar surface area (TPSA) is 75.4 Å². The van der Waals surface area contributed by atoms with Crippen molar-refractivity contribution in [2.75, 3.05) is 5.32 Å². The summed E-state index contributed by atoms with van der Waals surface area (Å²) < 4.78 is 0. The first-order valence-corrected chi connectivity index (χ1v) is 5.60. The van der Waals surface area contributed by atoms with Crippen molar-refractivity contribution < 1.29 is 10.0 Å². The lowest BCUT2D eigenvalue weighted by molar-refractivity contribution is -0.385. The molecule has 1 rings (SSSR count). The molecule has 5 heteroatoms. The molecule has 0 amide bonds. The number of nitrogens with zero attached hydrogens (tertiary/aromatic N) is 1. The normalized spacial score (nSPS) is 14.1. The third-order valence-electron chi connectivity index (χ3n) is 2.60. The molecule has 0 aliphatic rings. The van der Waals surface area contributed by atoms with Gasteiger partial charge < -0.3 is 10.4 Å². The van der Waals surface area contributed by atoms with E-state index in [1.54, 1.807) is 26.0 Å². The van der Waals surface area contributed by atoms with Crippen LogP contribution in [-0.2, 0) is 0 Å². The molecular weight excluding hydrogens is 220 g/mol. The predicted molar refractivity (Wildman–Crippen MR) is 67.2 cm³/mol. The van der Waals surface area contributed by atoms with Gasteiger partial charge in [0.2, 0.25) is 0 Å². The molecule has 2 unspecified atom stereocenters. The molecule has 94 valence electrons. The largest absolute Gasteiger partial charge is 0.393 e. The maximum atomic E-state index is 10.8. The number of aliphatic hydroxyl groups excluding tert-OH is 1. The second-order valence-corrected chi connectivity index (χ2v) is 4.34. The van der Waals surface area contributed by atoms with Crippen molar-refractivity contribution in [2.24, 2.45) is 0 Å². The average molecular weight is 238 g/mol. The number of nitro benzene ring substituents is 1. The zero-order valence-corrected chi connectivity index (χ0v) is 10.3. The summed E-state index contributed by atoms with van der Waals surface area (Å²) >= 11 is 0. The van der Waals surface area contributed by atoms with Crippen LogP contribution in [0.2, 0.25) is 0 Å². The van der Waals surface area contributed by atoms with Crippen LogP contribution in [0.25, 0.3) is 0 Å². The highest BCUT2D eigenvalue weighted by atomic mass is 16.6. The van der Waals surface area contributed by atoms with Crippen LogP contribution < -0.4 is 5.32 Å². The lowest BCUT2D eigenvalue weighted by atomic mass is 10.1. The first kappa shape index (κ1) is 13.4. The van der Waals surface area contributed by atoms with Crippen LogP contribution in [-0.4, -0.2) is 22.2 Å². The van der Waals surface area contributed by atoms with Crippen LogP contribution >= 0.6 is 0 Å². The van der Waals surface area contributed by atoms with E-state index in [9.17, 15) is 15.2 Å². The number of hydrogen-bond donors (Lipinski definition) is 2. The van der Waals surface area contributed by atoms with Gasteiger partial charge in [-0.15, -0.1) is 0 Å². The van der Waals surface area contributed by atoms with Crippen molar-refractivity contribution in [3.63, 3.8) is 0 Å². The van der Waals surface area contributed by atoms with Crippen LogP contribution in [0.4, 0.5) is 11.4 Å². The van der Waals surface area contributed by atoms with Gasteiger partial charge in [-0.1, -0.05) is 6.07 Å². The van der Waals surface area contributed by atoms with Crippen LogP contribution in [0.3, 0.4) is 0 Å². The molecule has 0 saturated heterocycles. The number of benzene rings is 1. The van der Waals surface area contributed by atoms with Crippen molar-refractivity contribution in [3.05, 3.63) is 33.9 Å². The minimum absolute atomic E-state index is 0.0655. The summed E-state index contributed by atoms with van der Waals surface area (Å²) in [6.07, 6.45) is 0.207. The second-order valence-electron chi connectivity index (χ2n) is 4.34. The number of hydrogen-bond acceptors (Lipinski definition) is 4. The van der Waals surface area contributed by atoms with Crippen molar-refractivity contribution in [1.82, 2.24) is 0 Å². The summed E-state index contributed by atoms with van der Waals surface area (Å²) in [5, 5.41) is 23.2. The highest BCUT2D eigenvalue weighted by molar-refractivity contribution is 5.60. The third-order valence-corrected chi connectivity index (χ3v) is 2.60. The summed E-state index contributed by atoms with van der Waals surface area (Å²) in [4.78, 5) is 10.4. The van der Waals surface area contributed by atoms with Gasteiger partial charge in [-0.2, -0.15) is 0 Å². The van der Waals surface area contributed by atoms with Gasteiger partial charge in [0.05, 0.1) is 11.0 Å². The molecule has 0 aliphatic carbocycles. The molecule has 2 N–H and O–H groups in total. The van der Waals surface area contributed by atoms with Crippen molar-refractivity contribution in [1.29, 1.82) is 0 Å². The third kappa shape index (κ3) is 3.71. The standard InChI is InChI=1S/C12H18N2O3/c1-8(7-9(2)15)13-11-5-4-6-12(10(11)3)14(16)17/h4-6,8-9,13,15H,7H2,1-3H3. The summed E-state index contributed by atoms with van der Waals surface area (Å²) in [5.41, 5.74) is 1.47. The fourth-order valence-electron chi connectivity index (χ4n) is 1.81. The molecule has 0 bridgehead atoms. The van der Waals surface area contributed by atoms with E-state index in [0.29, 0.717) is 12.0 Å². The molecule has 0 aliphatic heterocycles. The summed E-state index contributed by atoms with van der Waals surface area (Å²) in [6.45, 7) is 5.37. The van der Waals surface area contributed by atoms with E-state index in [-0.39, 0.29) is 16.7 Å². The molecule has 1 aromatic rings. The SMILES string of the molecule is Cc1c(NC(C)CC(C)O)cccc1[N+](=O)[O-]. The average Bonchev–Trinajstić information content (AvgIpc) is 2.19. The van der Waals surface area contributed by atoms with Gasteiger partial charge >= 0.3 is 0 Å². The molecule has 0 saturated carbocycles. The molecular formula is C12H18N2O3. The Morgan fingerprint density at radius 3 is 2.65 bits per heavy atom. The summed E-state index contributed by atoms with van der Waals surface area (Å²) in [7, 11) is 0. The van der Waals surface area contributed by atoms with E-state index in [1.165, 1.54) is 6.07 Å². The minimum atomic E-state index is -0.392. The van der Waals surface area contributed by atoms with Gasteiger partial charge in [0.25, 0.3) is 5.69 Å². The van der Waals surface area contributed by atoms with E-state index in [0.717, 1.165) is 5.69 Å². The molecule has 5 nitrogen and oxygen atoms in total. The Hall–Kier alpha value is -1.62. The van der Waals surface area contributed by atoms with Crippen LogP contribution in [0.1, 0.15) is 25.8 Å². The zero-order chi connectivity index (χ0) is 13.0. The lowest BCUT2D eigenvalue weighted by Crippen LogP contribution is -2.21. The van der Waals surface area contributed by atoms with Crippen molar-refractivity contribution >= 4 is 11.4 Å². The van der Waals surface area contributed by atoms with Crippen LogP contribution in [0.5, 0.6) is 0 Å². The monoisotopic (exact) mass is 238 g/mol. The zero-order valence-electron chi connectivity index (χ0n) is 10.3. The molecule has 0 fully saturated rings. The van der Waals surface area contributed by atoms with Crippen molar-refractivity contribution in [3.8, 4) is 0 Å². The van der Waals surface area contributed by atoms with Gasteiger partial charge in [0.15, 0.2) is 0 Å². The molecule has 0 heterocycles. The van der Waals surface area contributed by atoms with Gasteiger partial charge in [-0.05, 0) is 33.3 Å². The highest BCUT2D eigenvalue weighted by Crippen LogP contribution is 2.25. The summed E-state index contributed by atoms with van der Waals surface area (Å²) in [5.74, 6) is 0. The van der Waals surface area contributed by atoms with Gasteiger partial charge in [-0.25, -0.2) is 0 Å². The van der Waals surface area contributed by atoms with Gasteiger partial charge in [0.1, 0.15) is 0 Å². The Morgan fingerprint density at radius 2 is 2.12 bits per heavy atom. The first-order valence-electron chi connectivity index (χ1n) is 5.60. The molecule has 0 aromatic heterocycles. The van der Waals surface area contributed by atoms with Crippen LogP contribution in [0, 0.1) is 17.0 Å². The van der Waals surface area contributed by atoms with Gasteiger partial charge in [0, 0.05) is 23.4 Å². The number of rotatable bonds is 5. The molecule has 2 atom stereocenters. The Labute approximate surface area is 101 Å². The van der Waals surface area contributed by atoms with E-state index >= 15 is 0 Å². The Bertz CT molecular complexity index is 405. The first-order chi connectivity index (χ1) is 7.91. The molecule has 0 radical (unpaired) electrons. The number of nitro groups is 1. The highest BCUT2D eigenvalue weighted by Gasteiger charge is 2.14. The fourth-order valence-corrected chi connectivity index (χ4v) is 1.81. The maximum Gasteiger partial charge on any atom is 0.274 e. The Kier molecular flexibility index (Phi) is 4.45.